The first-order valence-corrected chi connectivity index (χ1v) is 11.9. The second-order valence-corrected chi connectivity index (χ2v) is 9.61. The maximum Gasteiger partial charge on any atom is 0.163 e. The number of hydrogen-bond acceptors (Lipinski definition) is 3. The van der Waals surface area contributed by atoms with E-state index in [1.165, 1.54) is 27.8 Å². The highest BCUT2D eigenvalue weighted by Gasteiger charge is 2.41. The molecule has 2 heterocycles. The summed E-state index contributed by atoms with van der Waals surface area (Å²) in [5.41, 5.74) is 7.28. The first kappa shape index (κ1) is 19.8. The normalized spacial score (nSPS) is 18.1. The van der Waals surface area contributed by atoms with Gasteiger partial charge in [0, 0.05) is 44.3 Å². The molecule has 0 atom stereocenters. The lowest BCUT2D eigenvalue weighted by molar-refractivity contribution is 0.0190. The number of benzene rings is 3. The molecule has 3 aromatic rings. The predicted octanol–water partition coefficient (Wildman–Crippen LogP) is 5.69. The van der Waals surface area contributed by atoms with Crippen LogP contribution in [0.15, 0.2) is 66.7 Å². The fourth-order valence-corrected chi connectivity index (χ4v) is 5.85. The molecule has 3 heteroatoms. The standard InChI is InChI=1S/C29H29NO2/c31-26(25-11-5-9-22-19-21-7-1-3-10-24(21)28(22)25)12-6-16-30-17-14-29(15-18-30)20-23-8-2-4-13-27(23)32-29/h1-5,7-11,13H,6,12,14-20H2. The van der Waals surface area contributed by atoms with Crippen molar-refractivity contribution >= 4 is 5.78 Å². The number of para-hydroxylation sites is 1. The number of ketones is 1. The van der Waals surface area contributed by atoms with Gasteiger partial charge in [-0.2, -0.15) is 0 Å². The monoisotopic (exact) mass is 423 g/mol. The van der Waals surface area contributed by atoms with E-state index >= 15 is 0 Å². The van der Waals surface area contributed by atoms with E-state index in [-0.39, 0.29) is 11.4 Å². The molecule has 6 rings (SSSR count). The molecule has 32 heavy (non-hydrogen) atoms. The van der Waals surface area contributed by atoms with E-state index in [4.69, 9.17) is 4.74 Å². The quantitative estimate of drug-likeness (QED) is 0.386. The summed E-state index contributed by atoms with van der Waals surface area (Å²) >= 11 is 0. The van der Waals surface area contributed by atoms with E-state index in [9.17, 15) is 4.79 Å². The van der Waals surface area contributed by atoms with E-state index in [1.54, 1.807) is 0 Å². The first-order chi connectivity index (χ1) is 15.7. The Morgan fingerprint density at radius 1 is 0.875 bits per heavy atom. The zero-order valence-electron chi connectivity index (χ0n) is 18.5. The third-order valence-corrected chi connectivity index (χ3v) is 7.58. The zero-order valence-corrected chi connectivity index (χ0v) is 18.5. The van der Waals surface area contributed by atoms with Gasteiger partial charge in [0.05, 0.1) is 0 Å². The van der Waals surface area contributed by atoms with Gasteiger partial charge in [0.2, 0.25) is 0 Å². The maximum absolute atomic E-state index is 13.1. The maximum atomic E-state index is 13.1. The molecule has 162 valence electrons. The highest BCUT2D eigenvalue weighted by molar-refractivity contribution is 6.04. The minimum Gasteiger partial charge on any atom is -0.487 e. The van der Waals surface area contributed by atoms with Gasteiger partial charge in [-0.05, 0) is 53.3 Å². The third-order valence-electron chi connectivity index (χ3n) is 7.58. The molecule has 3 aliphatic rings. The largest absolute Gasteiger partial charge is 0.487 e. The van der Waals surface area contributed by atoms with Crippen molar-refractivity contribution in [1.29, 1.82) is 0 Å². The Hall–Kier alpha value is -2.91. The molecule has 1 aliphatic carbocycles. The molecule has 0 radical (unpaired) electrons. The van der Waals surface area contributed by atoms with Gasteiger partial charge < -0.3 is 9.64 Å². The van der Waals surface area contributed by atoms with Gasteiger partial charge in [0.1, 0.15) is 11.4 Å². The molecule has 0 N–H and O–H groups in total. The molecule has 1 saturated heterocycles. The van der Waals surface area contributed by atoms with Crippen LogP contribution in [0.2, 0.25) is 0 Å². The minimum atomic E-state index is -0.00596. The van der Waals surface area contributed by atoms with E-state index in [0.29, 0.717) is 6.42 Å². The lowest BCUT2D eigenvalue weighted by Gasteiger charge is -2.38. The molecule has 2 aliphatic heterocycles. The van der Waals surface area contributed by atoms with Crippen LogP contribution in [0.4, 0.5) is 0 Å². The van der Waals surface area contributed by atoms with Crippen molar-refractivity contribution < 1.29 is 9.53 Å². The Morgan fingerprint density at radius 2 is 1.62 bits per heavy atom. The molecular weight excluding hydrogens is 394 g/mol. The number of ether oxygens (including phenoxy) is 1. The summed E-state index contributed by atoms with van der Waals surface area (Å²) in [6, 6.07) is 23.2. The molecule has 0 unspecified atom stereocenters. The van der Waals surface area contributed by atoms with Crippen molar-refractivity contribution in [2.75, 3.05) is 19.6 Å². The van der Waals surface area contributed by atoms with Gasteiger partial charge in [0.15, 0.2) is 5.78 Å². The Labute approximate surface area is 190 Å². The summed E-state index contributed by atoms with van der Waals surface area (Å²) < 4.78 is 6.37. The van der Waals surface area contributed by atoms with Crippen molar-refractivity contribution in [2.24, 2.45) is 0 Å². The summed E-state index contributed by atoms with van der Waals surface area (Å²) in [4.78, 5) is 15.7. The van der Waals surface area contributed by atoms with Gasteiger partial charge in [-0.15, -0.1) is 0 Å². The number of Topliss-reactive ketones (excluding diaryl/α,β-unsaturated/α-hetero) is 1. The smallest absolute Gasteiger partial charge is 0.163 e. The lowest BCUT2D eigenvalue weighted by atomic mass is 9.87. The number of hydrogen-bond donors (Lipinski definition) is 0. The van der Waals surface area contributed by atoms with Gasteiger partial charge in [-0.3, -0.25) is 4.79 Å². The molecule has 1 fully saturated rings. The second-order valence-electron chi connectivity index (χ2n) is 9.61. The van der Waals surface area contributed by atoms with Crippen LogP contribution >= 0.6 is 0 Å². The number of piperidine rings is 1. The Morgan fingerprint density at radius 3 is 2.47 bits per heavy atom. The minimum absolute atomic E-state index is 0.00596. The third kappa shape index (κ3) is 3.45. The van der Waals surface area contributed by atoms with Crippen LogP contribution in [0.5, 0.6) is 5.75 Å². The summed E-state index contributed by atoms with van der Waals surface area (Å²) in [5.74, 6) is 1.35. The lowest BCUT2D eigenvalue weighted by Crippen LogP contribution is -2.47. The van der Waals surface area contributed by atoms with Crippen molar-refractivity contribution in [3.63, 3.8) is 0 Å². The second kappa shape index (κ2) is 7.90. The summed E-state index contributed by atoms with van der Waals surface area (Å²) in [7, 11) is 0. The fourth-order valence-electron chi connectivity index (χ4n) is 5.85. The molecule has 3 nitrogen and oxygen atoms in total. The first-order valence-electron chi connectivity index (χ1n) is 11.9. The number of carbonyl (C=O) groups excluding carboxylic acids is 1. The Bertz CT molecular complexity index is 1150. The van der Waals surface area contributed by atoms with Gasteiger partial charge in [0.25, 0.3) is 0 Å². The Kier molecular flexibility index (Phi) is 4.87. The van der Waals surface area contributed by atoms with Crippen LogP contribution < -0.4 is 4.74 Å². The van der Waals surface area contributed by atoms with Crippen molar-refractivity contribution in [3.05, 3.63) is 89.0 Å². The SMILES string of the molecule is O=C(CCCN1CCC2(CC1)Cc1ccccc1O2)c1cccc2c1-c1ccccc1C2. The van der Waals surface area contributed by atoms with Crippen LogP contribution in [0, 0.1) is 0 Å². The van der Waals surface area contributed by atoms with Crippen molar-refractivity contribution in [1.82, 2.24) is 4.90 Å². The number of nitrogens with zero attached hydrogens (tertiary/aromatic N) is 1. The number of fused-ring (bicyclic) bond motifs is 4. The molecule has 0 amide bonds. The molecule has 0 aromatic heterocycles. The fraction of sp³-hybridized carbons (Fsp3) is 0.345. The topological polar surface area (TPSA) is 29.5 Å². The summed E-state index contributed by atoms with van der Waals surface area (Å²) in [5, 5.41) is 0. The van der Waals surface area contributed by atoms with E-state index in [2.05, 4.69) is 59.5 Å². The molecule has 0 bridgehead atoms. The highest BCUT2D eigenvalue weighted by Crippen LogP contribution is 2.41. The molecule has 3 aromatic carbocycles. The number of rotatable bonds is 5. The summed E-state index contributed by atoms with van der Waals surface area (Å²) in [6.07, 6.45) is 5.64. The highest BCUT2D eigenvalue weighted by atomic mass is 16.5. The van der Waals surface area contributed by atoms with Crippen LogP contribution in [0.1, 0.15) is 52.7 Å². The average Bonchev–Trinajstić information content (AvgIpc) is 3.38. The van der Waals surface area contributed by atoms with Gasteiger partial charge in [-0.1, -0.05) is 60.7 Å². The van der Waals surface area contributed by atoms with E-state index in [0.717, 1.165) is 63.1 Å². The van der Waals surface area contributed by atoms with Gasteiger partial charge in [-0.25, -0.2) is 0 Å². The van der Waals surface area contributed by atoms with Crippen LogP contribution in [0.3, 0.4) is 0 Å². The Balaban J connectivity index is 1.05. The van der Waals surface area contributed by atoms with Crippen molar-refractivity contribution in [3.8, 4) is 16.9 Å². The summed E-state index contributed by atoms with van der Waals surface area (Å²) in [6.45, 7) is 3.09. The zero-order chi connectivity index (χ0) is 21.5. The van der Waals surface area contributed by atoms with Crippen LogP contribution in [0.25, 0.3) is 11.1 Å². The van der Waals surface area contributed by atoms with Gasteiger partial charge >= 0.3 is 0 Å². The van der Waals surface area contributed by atoms with E-state index in [1.807, 2.05) is 12.1 Å². The van der Waals surface area contributed by atoms with Crippen molar-refractivity contribution in [2.45, 2.75) is 44.1 Å². The number of carbonyl (C=O) groups is 1. The molecule has 1 spiro atoms. The van der Waals surface area contributed by atoms with E-state index < -0.39 is 0 Å². The van der Waals surface area contributed by atoms with Crippen LogP contribution in [-0.4, -0.2) is 35.9 Å². The average molecular weight is 424 g/mol. The predicted molar refractivity (Wildman–Crippen MR) is 127 cm³/mol. The number of likely N-dealkylation sites (tertiary alicyclic amines) is 1. The molecule has 0 saturated carbocycles. The van der Waals surface area contributed by atoms with Crippen LogP contribution in [-0.2, 0) is 12.8 Å². The molecular formula is C29H29NO2.